The van der Waals surface area contributed by atoms with Crippen LogP contribution in [0.15, 0.2) is 50.7 Å². The average Bonchev–Trinajstić information content (AvgIpc) is 3.13. The van der Waals surface area contributed by atoms with E-state index in [9.17, 15) is 14.0 Å². The summed E-state index contributed by atoms with van der Waals surface area (Å²) in [5.74, 6) is -1.24. The quantitative estimate of drug-likeness (QED) is 0.469. The van der Waals surface area contributed by atoms with Crippen LogP contribution >= 0.6 is 0 Å². The standard InChI is InChI=1S/C22H16F2N6O3/c1-12-6-15(9-25)27-19-18(12)20(31)29(11-26-19)10-17-28-30(21(32)33-17)16-7-22(24,8-16)13-2-4-14(23)5-3-13/h2-6,11,16H,7-8,10H2,1H3/t16-,22+. The van der Waals surface area contributed by atoms with Crippen molar-refractivity contribution in [2.45, 2.75) is 38.0 Å². The first-order valence-electron chi connectivity index (χ1n) is 10.1. The van der Waals surface area contributed by atoms with E-state index in [1.807, 2.05) is 6.07 Å². The maximum Gasteiger partial charge on any atom is 0.437 e. The Morgan fingerprint density at radius 1 is 1.27 bits per heavy atom. The Hall–Kier alpha value is -4.20. The number of alkyl halides is 1. The molecule has 1 aliphatic rings. The van der Waals surface area contributed by atoms with E-state index >= 15 is 4.39 Å². The zero-order valence-electron chi connectivity index (χ0n) is 17.3. The van der Waals surface area contributed by atoms with Gasteiger partial charge in [0.25, 0.3) is 5.56 Å². The number of hydrogen-bond acceptors (Lipinski definition) is 7. The first-order valence-corrected chi connectivity index (χ1v) is 10.1. The van der Waals surface area contributed by atoms with Crippen molar-refractivity contribution in [3.05, 3.63) is 86.1 Å². The lowest BCUT2D eigenvalue weighted by Crippen LogP contribution is -2.41. The highest BCUT2D eigenvalue weighted by Crippen LogP contribution is 2.50. The number of pyridine rings is 1. The van der Waals surface area contributed by atoms with Crippen molar-refractivity contribution in [1.82, 2.24) is 24.3 Å². The number of aryl methyl sites for hydroxylation is 1. The van der Waals surface area contributed by atoms with Gasteiger partial charge in [0.15, 0.2) is 5.65 Å². The first-order chi connectivity index (χ1) is 15.8. The molecule has 11 heteroatoms. The molecule has 4 aromatic rings. The number of hydrogen-bond donors (Lipinski definition) is 0. The van der Waals surface area contributed by atoms with Gasteiger partial charge in [-0.25, -0.2) is 23.5 Å². The van der Waals surface area contributed by atoms with Crippen molar-refractivity contribution in [2.24, 2.45) is 0 Å². The normalized spacial score (nSPS) is 19.9. The van der Waals surface area contributed by atoms with E-state index < -0.39 is 28.8 Å². The highest BCUT2D eigenvalue weighted by molar-refractivity contribution is 5.77. The van der Waals surface area contributed by atoms with Gasteiger partial charge in [-0.3, -0.25) is 9.36 Å². The Labute approximate surface area is 184 Å². The third kappa shape index (κ3) is 3.49. The van der Waals surface area contributed by atoms with Crippen LogP contribution in [0.5, 0.6) is 0 Å². The molecule has 0 amide bonds. The van der Waals surface area contributed by atoms with Gasteiger partial charge in [-0.1, -0.05) is 12.1 Å². The molecule has 0 saturated heterocycles. The topological polar surface area (TPSA) is 120 Å². The summed E-state index contributed by atoms with van der Waals surface area (Å²) in [6.45, 7) is 1.52. The summed E-state index contributed by atoms with van der Waals surface area (Å²) in [6.07, 6.45) is 1.23. The molecule has 0 spiro atoms. The van der Waals surface area contributed by atoms with Gasteiger partial charge in [0.2, 0.25) is 5.89 Å². The summed E-state index contributed by atoms with van der Waals surface area (Å²) in [4.78, 5) is 33.3. The summed E-state index contributed by atoms with van der Waals surface area (Å²) in [7, 11) is 0. The highest BCUT2D eigenvalue weighted by atomic mass is 19.1. The minimum atomic E-state index is -1.68. The predicted octanol–water partition coefficient (Wildman–Crippen LogP) is 2.51. The predicted molar refractivity (Wildman–Crippen MR) is 111 cm³/mol. The molecule has 9 nitrogen and oxygen atoms in total. The molecule has 0 bridgehead atoms. The molecule has 0 radical (unpaired) electrons. The molecule has 166 valence electrons. The van der Waals surface area contributed by atoms with Crippen LogP contribution in [0.4, 0.5) is 8.78 Å². The Morgan fingerprint density at radius 3 is 2.70 bits per heavy atom. The van der Waals surface area contributed by atoms with Crippen molar-refractivity contribution in [3.63, 3.8) is 0 Å². The van der Waals surface area contributed by atoms with Crippen LogP contribution in [0.2, 0.25) is 0 Å². The highest BCUT2D eigenvalue weighted by Gasteiger charge is 2.48. The molecular weight excluding hydrogens is 434 g/mol. The van der Waals surface area contributed by atoms with Crippen molar-refractivity contribution in [1.29, 1.82) is 5.26 Å². The van der Waals surface area contributed by atoms with Crippen LogP contribution in [0.3, 0.4) is 0 Å². The molecule has 1 aromatic carbocycles. The zero-order chi connectivity index (χ0) is 23.3. The Kier molecular flexibility index (Phi) is 4.67. The van der Waals surface area contributed by atoms with Crippen LogP contribution in [0.25, 0.3) is 11.0 Å². The number of fused-ring (bicyclic) bond motifs is 1. The van der Waals surface area contributed by atoms with Crippen LogP contribution < -0.4 is 11.3 Å². The third-order valence-electron chi connectivity index (χ3n) is 5.85. The van der Waals surface area contributed by atoms with E-state index in [-0.39, 0.29) is 42.0 Å². The van der Waals surface area contributed by atoms with Gasteiger partial charge < -0.3 is 4.42 Å². The van der Waals surface area contributed by atoms with Crippen LogP contribution in [-0.4, -0.2) is 24.3 Å². The van der Waals surface area contributed by atoms with Crippen molar-refractivity contribution >= 4 is 11.0 Å². The summed E-state index contributed by atoms with van der Waals surface area (Å²) in [6, 6.07) is 8.05. The summed E-state index contributed by atoms with van der Waals surface area (Å²) in [5.41, 5.74) is -0.912. The maximum absolute atomic E-state index is 15.1. The smallest absolute Gasteiger partial charge is 0.390 e. The molecule has 3 aromatic heterocycles. The number of halogens is 2. The Balaban J connectivity index is 1.39. The van der Waals surface area contributed by atoms with Gasteiger partial charge >= 0.3 is 5.76 Å². The molecular formula is C22H16F2N6O3. The number of nitrogens with zero attached hydrogens (tertiary/aromatic N) is 6. The molecule has 5 rings (SSSR count). The lowest BCUT2D eigenvalue weighted by Gasteiger charge is -2.40. The van der Waals surface area contributed by atoms with E-state index in [0.29, 0.717) is 11.1 Å². The Bertz CT molecular complexity index is 1540. The van der Waals surface area contributed by atoms with E-state index in [0.717, 1.165) is 4.68 Å². The van der Waals surface area contributed by atoms with E-state index in [4.69, 9.17) is 9.68 Å². The monoisotopic (exact) mass is 450 g/mol. The van der Waals surface area contributed by atoms with Gasteiger partial charge in [-0.05, 0) is 36.2 Å². The lowest BCUT2D eigenvalue weighted by molar-refractivity contribution is 0.00174. The first kappa shape index (κ1) is 20.7. The van der Waals surface area contributed by atoms with Crippen LogP contribution in [-0.2, 0) is 12.2 Å². The second-order valence-electron chi connectivity index (χ2n) is 8.05. The van der Waals surface area contributed by atoms with Crippen molar-refractivity contribution in [3.8, 4) is 6.07 Å². The molecule has 33 heavy (non-hydrogen) atoms. The number of benzene rings is 1. The van der Waals surface area contributed by atoms with Gasteiger partial charge in [0, 0.05) is 12.8 Å². The zero-order valence-corrected chi connectivity index (χ0v) is 17.3. The fourth-order valence-electron chi connectivity index (χ4n) is 4.12. The van der Waals surface area contributed by atoms with E-state index in [2.05, 4.69) is 15.1 Å². The fraction of sp³-hybridized carbons (Fsp3) is 0.273. The van der Waals surface area contributed by atoms with Gasteiger partial charge in [-0.2, -0.15) is 9.94 Å². The molecule has 0 atom stereocenters. The minimum Gasteiger partial charge on any atom is -0.390 e. The van der Waals surface area contributed by atoms with Gasteiger partial charge in [0.1, 0.15) is 36.1 Å². The summed E-state index contributed by atoms with van der Waals surface area (Å²) in [5, 5.41) is 13.4. The molecule has 1 saturated carbocycles. The number of nitriles is 1. The van der Waals surface area contributed by atoms with Crippen LogP contribution in [0, 0.1) is 24.1 Å². The van der Waals surface area contributed by atoms with E-state index in [1.54, 1.807) is 6.92 Å². The average molecular weight is 450 g/mol. The summed E-state index contributed by atoms with van der Waals surface area (Å²) >= 11 is 0. The third-order valence-corrected chi connectivity index (χ3v) is 5.85. The minimum absolute atomic E-state index is 0.00587. The SMILES string of the molecule is Cc1cc(C#N)nc2ncn(Cc3nn([C@H]4C[C@](F)(c5ccc(F)cc5)C4)c(=O)o3)c(=O)c12. The lowest BCUT2D eigenvalue weighted by atomic mass is 9.73. The van der Waals surface area contributed by atoms with Crippen LogP contribution in [0.1, 0.15) is 41.6 Å². The number of aromatic nitrogens is 5. The van der Waals surface area contributed by atoms with Crippen molar-refractivity contribution < 1.29 is 13.2 Å². The number of rotatable bonds is 4. The Morgan fingerprint density at radius 2 is 2.00 bits per heavy atom. The maximum atomic E-state index is 15.1. The largest absolute Gasteiger partial charge is 0.437 e. The molecule has 3 heterocycles. The molecule has 0 unspecified atom stereocenters. The van der Waals surface area contributed by atoms with Gasteiger partial charge in [-0.15, -0.1) is 5.10 Å². The van der Waals surface area contributed by atoms with Gasteiger partial charge in [0.05, 0.1) is 11.4 Å². The summed E-state index contributed by atoms with van der Waals surface area (Å²) < 4.78 is 35.7. The second kappa shape index (κ2) is 7.44. The fourth-order valence-corrected chi connectivity index (χ4v) is 4.12. The van der Waals surface area contributed by atoms with E-state index in [1.165, 1.54) is 41.2 Å². The second-order valence-corrected chi connectivity index (χ2v) is 8.05. The molecule has 1 aliphatic carbocycles. The molecule has 0 aliphatic heterocycles. The molecule has 1 fully saturated rings. The van der Waals surface area contributed by atoms with Crippen molar-refractivity contribution in [2.75, 3.05) is 0 Å². The molecule has 0 N–H and O–H groups in total.